The first-order valence-corrected chi connectivity index (χ1v) is 12.8. The van der Waals surface area contributed by atoms with E-state index in [0.717, 1.165) is 37.5 Å². The fourth-order valence-corrected chi connectivity index (χ4v) is 8.08. The van der Waals surface area contributed by atoms with Gasteiger partial charge in [-0.25, -0.2) is 4.21 Å². The van der Waals surface area contributed by atoms with Gasteiger partial charge in [-0.2, -0.15) is 0 Å². The third-order valence-electron chi connectivity index (χ3n) is 8.62. The van der Waals surface area contributed by atoms with Crippen LogP contribution in [0.25, 0.3) is 10.9 Å². The minimum Gasteiger partial charge on any atom is -0.369 e. The number of hydrogen-bond donors (Lipinski definition) is 3. The molecule has 2 amide bonds. The van der Waals surface area contributed by atoms with Crippen molar-refractivity contribution in [3.05, 3.63) is 36.5 Å². The van der Waals surface area contributed by atoms with E-state index in [1.807, 2.05) is 24.3 Å². The Morgan fingerprint density at radius 2 is 1.82 bits per heavy atom. The summed E-state index contributed by atoms with van der Waals surface area (Å²) >= 11 is -2.39. The predicted molar refractivity (Wildman–Crippen MR) is 124 cm³/mol. The number of nitrogens with one attached hydrogen (secondary N) is 1. The molecule has 4 N–H and O–H groups in total. The summed E-state index contributed by atoms with van der Waals surface area (Å²) in [6.07, 6.45) is 7.01. The van der Waals surface area contributed by atoms with Gasteiger partial charge in [0.25, 0.3) is 11.3 Å². The summed E-state index contributed by atoms with van der Waals surface area (Å²) in [7, 11) is 0. The van der Waals surface area contributed by atoms with Crippen molar-refractivity contribution in [1.29, 1.82) is 0 Å². The van der Waals surface area contributed by atoms with Crippen LogP contribution in [0.2, 0.25) is 0 Å². The molecule has 0 spiro atoms. The molecule has 5 aliphatic carbocycles. The van der Waals surface area contributed by atoms with E-state index in [9.17, 15) is 18.4 Å². The largest absolute Gasteiger partial charge is 0.369 e. The molecule has 5 saturated carbocycles. The number of nitrogens with two attached hydrogens (primary N) is 1. The molecule has 5 fully saturated rings. The van der Waals surface area contributed by atoms with Crippen molar-refractivity contribution in [2.24, 2.45) is 28.9 Å². The molecule has 8 nitrogen and oxygen atoms in total. The van der Waals surface area contributed by atoms with E-state index < -0.39 is 22.2 Å². The van der Waals surface area contributed by atoms with Crippen LogP contribution in [0.5, 0.6) is 0 Å². The Bertz CT molecular complexity index is 1160. The van der Waals surface area contributed by atoms with Crippen LogP contribution in [-0.2, 0) is 20.9 Å². The zero-order valence-electron chi connectivity index (χ0n) is 18.3. The molecular weight excluding hydrogens is 440 g/mol. The van der Waals surface area contributed by atoms with Gasteiger partial charge in [0.1, 0.15) is 5.54 Å². The Kier molecular flexibility index (Phi) is 4.61. The monoisotopic (exact) mass is 468 g/mol. The maximum Gasteiger partial charge on any atom is 0.262 e. The van der Waals surface area contributed by atoms with E-state index in [0.29, 0.717) is 30.0 Å². The molecule has 1 aromatic carbocycles. The van der Waals surface area contributed by atoms with Crippen LogP contribution in [0.1, 0.15) is 44.9 Å². The number of pyridine rings is 1. The summed E-state index contributed by atoms with van der Waals surface area (Å²) in [5.74, 6) is 0.562. The Morgan fingerprint density at radius 1 is 1.12 bits per heavy atom. The summed E-state index contributed by atoms with van der Waals surface area (Å²) in [6.45, 7) is 0. The summed E-state index contributed by atoms with van der Waals surface area (Å²) in [6, 6.07) is 9.15. The molecule has 1 heterocycles. The maximum atomic E-state index is 13.7. The van der Waals surface area contributed by atoms with Crippen LogP contribution in [-0.4, -0.2) is 37.1 Å². The number of fused-ring (bicyclic) bond motifs is 1. The van der Waals surface area contributed by atoms with Gasteiger partial charge in [0.2, 0.25) is 11.8 Å². The maximum absolute atomic E-state index is 13.7. The Balaban J connectivity index is 1.29. The van der Waals surface area contributed by atoms with Crippen molar-refractivity contribution in [2.45, 2.75) is 56.5 Å². The molecule has 3 unspecified atom stereocenters. The molecule has 0 aliphatic heterocycles. The van der Waals surface area contributed by atoms with Gasteiger partial charge in [-0.15, -0.1) is 0 Å². The Hall–Kier alpha value is -2.52. The first-order chi connectivity index (χ1) is 15.8. The van der Waals surface area contributed by atoms with Crippen molar-refractivity contribution < 1.29 is 18.4 Å². The second kappa shape index (κ2) is 7.24. The Labute approximate surface area is 194 Å². The molecular formula is C24H28N4O4S. The van der Waals surface area contributed by atoms with Crippen LogP contribution < -0.4 is 15.4 Å². The quantitative estimate of drug-likeness (QED) is 0.562. The van der Waals surface area contributed by atoms with Crippen LogP contribution in [0.4, 0.5) is 5.69 Å². The van der Waals surface area contributed by atoms with Gasteiger partial charge < -0.3 is 11.1 Å². The summed E-state index contributed by atoms with van der Waals surface area (Å²) < 4.78 is 24.2. The SMILES string of the molecule is NC(=O)C12CC3CC(C1)C(NC(=O)C1(N(c4cccc5cccnc45)S(=O)O)CC1)C(C3)C2. The van der Waals surface area contributed by atoms with Crippen molar-refractivity contribution in [1.82, 2.24) is 10.3 Å². The zero-order chi connectivity index (χ0) is 23.0. The molecule has 3 atom stereocenters. The van der Waals surface area contributed by atoms with Gasteiger partial charge in [0.05, 0.1) is 11.2 Å². The standard InChI is InChI=1S/C24H28N4O4S/c25-21(29)23-11-14-9-16(12-23)19(17(10-14)13-23)27-22(30)24(6-7-24)28(33(31)32)18-5-1-3-15-4-2-8-26-20(15)18/h1-5,8,14,16-17,19H,6-7,9-13H2,(H2,25,29)(H,27,30)(H,31,32). The fraction of sp³-hybridized carbons (Fsp3) is 0.542. The molecule has 2 aromatic rings. The minimum atomic E-state index is -2.39. The lowest BCUT2D eigenvalue weighted by Gasteiger charge is -2.59. The number of para-hydroxylation sites is 1. The lowest BCUT2D eigenvalue weighted by Crippen LogP contribution is -2.64. The highest BCUT2D eigenvalue weighted by Crippen LogP contribution is 2.60. The number of carbonyl (C=O) groups is 2. The van der Waals surface area contributed by atoms with Gasteiger partial charge in [-0.3, -0.25) is 23.4 Å². The van der Waals surface area contributed by atoms with E-state index in [1.54, 1.807) is 12.3 Å². The fourth-order valence-electron chi connectivity index (χ4n) is 7.20. The van der Waals surface area contributed by atoms with Gasteiger partial charge >= 0.3 is 0 Å². The minimum absolute atomic E-state index is 0.0152. The third-order valence-corrected chi connectivity index (χ3v) is 9.47. The average Bonchev–Trinajstić information content (AvgIpc) is 3.57. The second-order valence-corrected chi connectivity index (χ2v) is 11.3. The number of rotatable bonds is 6. The lowest BCUT2D eigenvalue weighted by molar-refractivity contribution is -0.147. The van der Waals surface area contributed by atoms with Crippen molar-refractivity contribution >= 4 is 39.7 Å². The number of carbonyl (C=O) groups excluding carboxylic acids is 2. The molecule has 4 bridgehead atoms. The third kappa shape index (κ3) is 3.12. The Morgan fingerprint density at radius 3 is 2.45 bits per heavy atom. The van der Waals surface area contributed by atoms with E-state index in [1.165, 1.54) is 4.31 Å². The second-order valence-electron chi connectivity index (χ2n) is 10.5. The number of primary amides is 1. The molecule has 174 valence electrons. The number of amides is 2. The number of nitrogens with zero attached hydrogens (tertiary/aromatic N) is 2. The van der Waals surface area contributed by atoms with Crippen LogP contribution in [0.15, 0.2) is 36.5 Å². The molecule has 0 radical (unpaired) electrons. The summed E-state index contributed by atoms with van der Waals surface area (Å²) in [5, 5.41) is 4.12. The molecule has 33 heavy (non-hydrogen) atoms. The topological polar surface area (TPSA) is 126 Å². The van der Waals surface area contributed by atoms with Gasteiger partial charge in [0.15, 0.2) is 0 Å². The number of hydrogen-bond acceptors (Lipinski definition) is 4. The van der Waals surface area contributed by atoms with E-state index in [4.69, 9.17) is 5.73 Å². The van der Waals surface area contributed by atoms with Gasteiger partial charge in [-0.05, 0) is 74.8 Å². The van der Waals surface area contributed by atoms with E-state index in [-0.39, 0.29) is 29.7 Å². The van der Waals surface area contributed by atoms with Crippen LogP contribution in [0.3, 0.4) is 0 Å². The molecule has 9 heteroatoms. The van der Waals surface area contributed by atoms with Crippen LogP contribution >= 0.6 is 0 Å². The highest BCUT2D eigenvalue weighted by molar-refractivity contribution is 7.80. The number of benzene rings is 1. The molecule has 5 aliphatic rings. The zero-order valence-corrected chi connectivity index (χ0v) is 19.1. The molecule has 0 saturated heterocycles. The summed E-state index contributed by atoms with van der Waals surface area (Å²) in [4.78, 5) is 30.3. The van der Waals surface area contributed by atoms with Gasteiger partial charge in [0, 0.05) is 23.0 Å². The van der Waals surface area contributed by atoms with Gasteiger partial charge in [-0.1, -0.05) is 18.2 Å². The smallest absolute Gasteiger partial charge is 0.262 e. The first kappa shape index (κ1) is 21.0. The average molecular weight is 469 g/mol. The molecule has 1 aromatic heterocycles. The highest BCUT2D eigenvalue weighted by atomic mass is 32.2. The van der Waals surface area contributed by atoms with E-state index in [2.05, 4.69) is 10.3 Å². The highest BCUT2D eigenvalue weighted by Gasteiger charge is 2.61. The van der Waals surface area contributed by atoms with Crippen molar-refractivity contribution in [2.75, 3.05) is 4.31 Å². The normalized spacial score (nSPS) is 34.1. The van der Waals surface area contributed by atoms with Crippen molar-refractivity contribution in [3.8, 4) is 0 Å². The molecule has 7 rings (SSSR count). The predicted octanol–water partition coefficient (Wildman–Crippen LogP) is 2.51. The number of aromatic nitrogens is 1. The first-order valence-electron chi connectivity index (χ1n) is 11.7. The number of anilines is 1. The van der Waals surface area contributed by atoms with E-state index >= 15 is 0 Å². The van der Waals surface area contributed by atoms with Crippen LogP contribution in [0, 0.1) is 23.2 Å². The lowest BCUT2D eigenvalue weighted by atomic mass is 9.47. The summed E-state index contributed by atoms with van der Waals surface area (Å²) in [5.41, 5.74) is 5.40. The van der Waals surface area contributed by atoms with Crippen molar-refractivity contribution in [3.63, 3.8) is 0 Å².